The molecule has 0 saturated carbocycles. The van der Waals surface area contributed by atoms with E-state index in [1.165, 1.54) is 0 Å². The number of anilines is 1. The van der Waals surface area contributed by atoms with Crippen LogP contribution in [0.25, 0.3) is 11.1 Å². The number of nitrogens with zero attached hydrogens (tertiary/aromatic N) is 2. The van der Waals surface area contributed by atoms with Gasteiger partial charge in [-0.15, -0.1) is 0 Å². The highest BCUT2D eigenvalue weighted by Crippen LogP contribution is 2.26. The number of hydrazine groups is 1. The number of fused-ring (bicyclic) bond motifs is 1. The van der Waals surface area contributed by atoms with Gasteiger partial charge in [-0.1, -0.05) is 12.1 Å². The van der Waals surface area contributed by atoms with Gasteiger partial charge in [0.2, 0.25) is 5.91 Å². The van der Waals surface area contributed by atoms with E-state index in [4.69, 9.17) is 4.42 Å². The normalized spacial score (nSPS) is 15.2. The molecule has 8 heteroatoms. The lowest BCUT2D eigenvalue weighted by Crippen LogP contribution is -2.47. The molecule has 3 aromatic rings. The lowest BCUT2D eigenvalue weighted by atomic mass is 9.96. The van der Waals surface area contributed by atoms with Gasteiger partial charge in [0.15, 0.2) is 5.58 Å². The number of nitrogens with one attached hydrogen (secondary N) is 3. The van der Waals surface area contributed by atoms with E-state index in [1.807, 2.05) is 29.2 Å². The number of oxazole rings is 1. The lowest BCUT2D eigenvalue weighted by molar-refractivity contribution is -0.126. The standard InChI is InChI=1S/C18H19N5O3/c24-16(21-22-17(25)14-5-3-9-19-14)12-7-10-23(11-8-12)18-20-13-4-1-2-6-15(13)26-18/h1-6,9,12,19H,7-8,10-11H2,(H,21,24)(H,22,25). The number of carbonyl (C=O) groups excluding carboxylic acids is 2. The van der Waals surface area contributed by atoms with E-state index in [0.717, 1.165) is 11.1 Å². The van der Waals surface area contributed by atoms with E-state index >= 15 is 0 Å². The Bertz CT molecular complexity index is 877. The number of amides is 2. The molecular formula is C18H19N5O3. The Labute approximate surface area is 149 Å². The molecule has 2 aromatic heterocycles. The summed E-state index contributed by atoms with van der Waals surface area (Å²) in [5.41, 5.74) is 6.92. The third kappa shape index (κ3) is 3.26. The molecule has 3 N–H and O–H groups in total. The average molecular weight is 353 g/mol. The highest BCUT2D eigenvalue weighted by atomic mass is 16.4. The van der Waals surface area contributed by atoms with Crippen LogP contribution in [-0.2, 0) is 4.79 Å². The summed E-state index contributed by atoms with van der Waals surface area (Å²) in [6.07, 6.45) is 2.99. The number of rotatable bonds is 3. The number of hydrogen-bond acceptors (Lipinski definition) is 5. The molecule has 2 amide bonds. The van der Waals surface area contributed by atoms with Crippen LogP contribution in [-0.4, -0.2) is 34.9 Å². The zero-order valence-electron chi connectivity index (χ0n) is 14.1. The van der Waals surface area contributed by atoms with Gasteiger partial charge in [0.25, 0.3) is 11.9 Å². The van der Waals surface area contributed by atoms with Crippen molar-refractivity contribution < 1.29 is 14.0 Å². The fraction of sp³-hybridized carbons (Fsp3) is 0.278. The van der Waals surface area contributed by atoms with Gasteiger partial charge in [-0.3, -0.25) is 20.4 Å². The van der Waals surface area contributed by atoms with E-state index in [9.17, 15) is 9.59 Å². The van der Waals surface area contributed by atoms with Gasteiger partial charge in [0, 0.05) is 25.2 Å². The lowest BCUT2D eigenvalue weighted by Gasteiger charge is -2.30. The molecule has 1 aliphatic heterocycles. The Morgan fingerprint density at radius 3 is 2.65 bits per heavy atom. The van der Waals surface area contributed by atoms with E-state index in [0.29, 0.717) is 37.6 Å². The van der Waals surface area contributed by atoms with Crippen molar-refractivity contribution in [2.24, 2.45) is 5.92 Å². The van der Waals surface area contributed by atoms with Crippen molar-refractivity contribution in [2.45, 2.75) is 12.8 Å². The van der Waals surface area contributed by atoms with Crippen molar-refractivity contribution in [1.29, 1.82) is 0 Å². The monoisotopic (exact) mass is 353 g/mol. The first-order valence-corrected chi connectivity index (χ1v) is 8.55. The van der Waals surface area contributed by atoms with Gasteiger partial charge in [-0.25, -0.2) is 0 Å². The molecule has 1 aromatic carbocycles. The summed E-state index contributed by atoms with van der Waals surface area (Å²) < 4.78 is 5.78. The maximum absolute atomic E-state index is 12.3. The first kappa shape index (κ1) is 16.2. The number of piperidine rings is 1. The third-order valence-corrected chi connectivity index (χ3v) is 4.56. The first-order valence-electron chi connectivity index (χ1n) is 8.55. The Kier molecular flexibility index (Phi) is 4.30. The minimum atomic E-state index is -0.368. The summed E-state index contributed by atoms with van der Waals surface area (Å²) in [6, 6.07) is 11.6. The van der Waals surface area contributed by atoms with Gasteiger partial charge in [-0.2, -0.15) is 4.98 Å². The molecule has 0 atom stereocenters. The third-order valence-electron chi connectivity index (χ3n) is 4.56. The summed E-state index contributed by atoms with van der Waals surface area (Å²) >= 11 is 0. The molecule has 1 saturated heterocycles. The Hall–Kier alpha value is -3.29. The summed E-state index contributed by atoms with van der Waals surface area (Å²) in [6.45, 7) is 1.35. The fourth-order valence-electron chi connectivity index (χ4n) is 3.09. The molecular weight excluding hydrogens is 334 g/mol. The van der Waals surface area contributed by atoms with Crippen molar-refractivity contribution in [2.75, 3.05) is 18.0 Å². The van der Waals surface area contributed by atoms with Crippen molar-refractivity contribution in [3.63, 3.8) is 0 Å². The van der Waals surface area contributed by atoms with Crippen LogP contribution in [0.3, 0.4) is 0 Å². The molecule has 0 spiro atoms. The molecule has 0 unspecified atom stereocenters. The highest BCUT2D eigenvalue weighted by molar-refractivity contribution is 5.94. The van der Waals surface area contributed by atoms with E-state index in [-0.39, 0.29) is 17.7 Å². The topological polar surface area (TPSA) is 103 Å². The SMILES string of the molecule is O=C(NNC(=O)C1CCN(c2nc3ccccc3o2)CC1)c1ccc[nH]1. The van der Waals surface area contributed by atoms with Crippen LogP contribution in [0.15, 0.2) is 47.0 Å². The minimum Gasteiger partial charge on any atom is -0.423 e. The molecule has 0 aliphatic carbocycles. The zero-order valence-corrected chi connectivity index (χ0v) is 14.1. The van der Waals surface area contributed by atoms with Crippen LogP contribution in [0.1, 0.15) is 23.3 Å². The van der Waals surface area contributed by atoms with Crippen LogP contribution in [0.2, 0.25) is 0 Å². The fourth-order valence-corrected chi connectivity index (χ4v) is 3.09. The molecule has 1 aliphatic rings. The second-order valence-corrected chi connectivity index (χ2v) is 6.25. The van der Waals surface area contributed by atoms with Crippen molar-refractivity contribution >= 4 is 28.9 Å². The van der Waals surface area contributed by atoms with Gasteiger partial charge >= 0.3 is 0 Å². The predicted molar refractivity (Wildman–Crippen MR) is 95.3 cm³/mol. The summed E-state index contributed by atoms with van der Waals surface area (Å²) in [7, 11) is 0. The summed E-state index contributed by atoms with van der Waals surface area (Å²) in [5, 5.41) is 0. The molecule has 3 heterocycles. The van der Waals surface area contributed by atoms with Crippen molar-refractivity contribution in [3.05, 3.63) is 48.3 Å². The van der Waals surface area contributed by atoms with E-state index in [1.54, 1.807) is 18.3 Å². The molecule has 0 radical (unpaired) electrons. The van der Waals surface area contributed by atoms with Crippen LogP contribution in [0, 0.1) is 5.92 Å². The minimum absolute atomic E-state index is 0.153. The second kappa shape index (κ2) is 6.91. The predicted octanol–water partition coefficient (Wildman–Crippen LogP) is 1.83. The molecule has 134 valence electrons. The van der Waals surface area contributed by atoms with E-state index < -0.39 is 0 Å². The molecule has 8 nitrogen and oxygen atoms in total. The van der Waals surface area contributed by atoms with Crippen LogP contribution in [0.4, 0.5) is 6.01 Å². The van der Waals surface area contributed by atoms with Crippen molar-refractivity contribution in [3.8, 4) is 0 Å². The molecule has 4 rings (SSSR count). The van der Waals surface area contributed by atoms with Gasteiger partial charge in [-0.05, 0) is 37.1 Å². The number of carbonyl (C=O) groups is 2. The first-order chi connectivity index (χ1) is 12.7. The maximum Gasteiger partial charge on any atom is 0.298 e. The number of H-pyrrole nitrogens is 1. The number of para-hydroxylation sites is 2. The van der Waals surface area contributed by atoms with Crippen LogP contribution < -0.4 is 15.8 Å². The number of aromatic amines is 1. The quantitative estimate of drug-likeness (QED) is 0.623. The van der Waals surface area contributed by atoms with Crippen LogP contribution >= 0.6 is 0 Å². The number of aromatic nitrogens is 2. The Morgan fingerprint density at radius 1 is 1.12 bits per heavy atom. The summed E-state index contributed by atoms with van der Waals surface area (Å²) in [5.74, 6) is -0.700. The smallest absolute Gasteiger partial charge is 0.298 e. The Morgan fingerprint density at radius 2 is 1.92 bits per heavy atom. The zero-order chi connectivity index (χ0) is 17.9. The van der Waals surface area contributed by atoms with Gasteiger partial charge in [0.1, 0.15) is 11.2 Å². The van der Waals surface area contributed by atoms with Gasteiger partial charge in [0.05, 0.1) is 0 Å². The Balaban J connectivity index is 1.30. The molecule has 26 heavy (non-hydrogen) atoms. The largest absolute Gasteiger partial charge is 0.423 e. The molecule has 0 bridgehead atoms. The maximum atomic E-state index is 12.3. The van der Waals surface area contributed by atoms with Crippen molar-refractivity contribution in [1.82, 2.24) is 20.8 Å². The second-order valence-electron chi connectivity index (χ2n) is 6.25. The molecule has 1 fully saturated rings. The van der Waals surface area contributed by atoms with Gasteiger partial charge < -0.3 is 14.3 Å². The van der Waals surface area contributed by atoms with Crippen LogP contribution in [0.5, 0.6) is 0 Å². The number of hydrogen-bond donors (Lipinski definition) is 3. The average Bonchev–Trinajstić information content (AvgIpc) is 3.35. The summed E-state index contributed by atoms with van der Waals surface area (Å²) in [4.78, 5) is 33.4. The highest BCUT2D eigenvalue weighted by Gasteiger charge is 2.27. The van der Waals surface area contributed by atoms with E-state index in [2.05, 4.69) is 20.8 Å². The number of benzene rings is 1.